The molecule has 0 aromatic rings. The molecule has 4 atom stereocenters. The van der Waals surface area contributed by atoms with Crippen LogP contribution in [0.1, 0.15) is 70.6 Å². The van der Waals surface area contributed by atoms with Crippen molar-refractivity contribution in [3.8, 4) is 0 Å². The fourth-order valence-electron chi connectivity index (χ4n) is 6.07. The van der Waals surface area contributed by atoms with Crippen molar-refractivity contribution in [2.75, 3.05) is 24.6 Å². The molecule has 2 amide bonds. The molecule has 0 spiro atoms. The van der Waals surface area contributed by atoms with Crippen molar-refractivity contribution in [2.24, 2.45) is 28.0 Å². The number of hydrogen-bond acceptors (Lipinski definition) is 3. The zero-order valence-electron chi connectivity index (χ0n) is 17.7. The lowest BCUT2D eigenvalue weighted by Crippen LogP contribution is -2.41. The smallest absolute Gasteiger partial charge is 0.257 e. The first-order chi connectivity index (χ1) is 14.2. The summed E-state index contributed by atoms with van der Waals surface area (Å²) in [6.07, 6.45) is 8.07. The Bertz CT molecular complexity index is 783. The van der Waals surface area contributed by atoms with Crippen LogP contribution in [0.3, 0.4) is 0 Å². The maximum Gasteiger partial charge on any atom is 0.257 e. The first kappa shape index (κ1) is 22.2. The third-order valence-corrected chi connectivity index (χ3v) is 9.97. The summed E-state index contributed by atoms with van der Waals surface area (Å²) in [5, 5.41) is 0. The number of rotatable bonds is 3. The van der Waals surface area contributed by atoms with E-state index in [1.54, 1.807) is 4.90 Å². The van der Waals surface area contributed by atoms with E-state index in [1.807, 2.05) is 0 Å². The van der Waals surface area contributed by atoms with E-state index in [2.05, 4.69) is 4.36 Å². The summed E-state index contributed by atoms with van der Waals surface area (Å²) in [6.45, 7) is 0.769. The van der Waals surface area contributed by atoms with Crippen molar-refractivity contribution in [2.45, 2.75) is 76.6 Å². The van der Waals surface area contributed by atoms with Crippen LogP contribution in [0.15, 0.2) is 4.36 Å². The molecule has 4 aliphatic rings. The number of alkyl halides is 2. The van der Waals surface area contributed by atoms with Gasteiger partial charge in [0.25, 0.3) is 5.91 Å². The zero-order chi connectivity index (χ0) is 21.4. The van der Waals surface area contributed by atoms with E-state index in [9.17, 15) is 22.6 Å². The Balaban J connectivity index is 1.36. The first-order valence-corrected chi connectivity index (χ1v) is 13.5. The highest BCUT2D eigenvalue weighted by Crippen LogP contribution is 2.45. The molecule has 0 bridgehead atoms. The quantitative estimate of drug-likeness (QED) is 0.653. The summed E-state index contributed by atoms with van der Waals surface area (Å²) in [5.74, 6) is -1.68. The van der Waals surface area contributed by atoms with E-state index in [0.717, 1.165) is 19.3 Å². The average Bonchev–Trinajstić information content (AvgIpc) is 2.87. The molecule has 1 saturated heterocycles. The lowest BCUT2D eigenvalue weighted by molar-refractivity contribution is -0.141. The number of carbonyl (C=O) groups is 2. The maximum atomic E-state index is 13.4. The minimum Gasteiger partial charge on any atom is -0.342 e. The van der Waals surface area contributed by atoms with Crippen LogP contribution in [-0.4, -0.2) is 51.4 Å². The number of carbonyl (C=O) groups excluding carboxylic acids is 2. The molecule has 0 aromatic heterocycles. The van der Waals surface area contributed by atoms with E-state index in [0.29, 0.717) is 37.1 Å². The summed E-state index contributed by atoms with van der Waals surface area (Å²) >= 11 is 0. The molecule has 4 rings (SSSR count). The molecule has 0 aromatic carbocycles. The molecule has 30 heavy (non-hydrogen) atoms. The Hall–Kier alpha value is -1.05. The van der Waals surface area contributed by atoms with Crippen LogP contribution in [0.25, 0.3) is 0 Å². The Morgan fingerprint density at radius 3 is 2.47 bits per heavy atom. The fraction of sp³-hybridized carbons (Fsp3) is 0.909. The topological polar surface area (TPSA) is 66.8 Å². The van der Waals surface area contributed by atoms with Crippen molar-refractivity contribution in [1.82, 2.24) is 4.90 Å². The molecule has 170 valence electrons. The largest absolute Gasteiger partial charge is 0.342 e. The lowest BCUT2D eigenvalue weighted by atomic mass is 9.65. The molecular formula is C22H34F2N2O3S. The average molecular weight is 445 g/mol. The molecule has 8 heteroatoms. The third-order valence-electron chi connectivity index (χ3n) is 7.71. The molecule has 3 aliphatic carbocycles. The van der Waals surface area contributed by atoms with Gasteiger partial charge in [0.1, 0.15) is 0 Å². The van der Waals surface area contributed by atoms with Crippen LogP contribution >= 0.6 is 0 Å². The molecule has 3 saturated carbocycles. The van der Waals surface area contributed by atoms with Crippen LogP contribution in [-0.2, 0) is 19.3 Å². The van der Waals surface area contributed by atoms with Crippen molar-refractivity contribution in [3.05, 3.63) is 0 Å². The van der Waals surface area contributed by atoms with Crippen LogP contribution < -0.4 is 0 Å². The second-order valence-electron chi connectivity index (χ2n) is 9.92. The Morgan fingerprint density at radius 1 is 0.967 bits per heavy atom. The molecule has 0 N–H and O–H groups in total. The summed E-state index contributed by atoms with van der Waals surface area (Å²) in [4.78, 5) is 27.1. The minimum atomic E-state index is -2.66. The normalized spacial score (nSPS) is 36.9. The van der Waals surface area contributed by atoms with Gasteiger partial charge in [0.05, 0.1) is 9.73 Å². The zero-order valence-corrected chi connectivity index (χ0v) is 18.5. The standard InChI is InChI=1S/C22H34F2N2O3S/c23-22(24)14-16(15-22)13-20(27)26-9-4-11-30(29,12-10-26)25-21(28)19-8-3-6-17-5-1-2-7-18(17)19/h16-19H,1-15H2. The van der Waals surface area contributed by atoms with Crippen molar-refractivity contribution in [1.29, 1.82) is 0 Å². The van der Waals surface area contributed by atoms with Crippen molar-refractivity contribution in [3.63, 3.8) is 0 Å². The second kappa shape index (κ2) is 8.83. The number of hydrogen-bond donors (Lipinski definition) is 0. The highest BCUT2D eigenvalue weighted by Gasteiger charge is 2.46. The Labute approximate surface area is 178 Å². The van der Waals surface area contributed by atoms with Gasteiger partial charge in [0.15, 0.2) is 0 Å². The van der Waals surface area contributed by atoms with E-state index in [4.69, 9.17) is 0 Å². The van der Waals surface area contributed by atoms with Gasteiger partial charge in [-0.3, -0.25) is 9.59 Å². The fourth-order valence-corrected chi connectivity index (χ4v) is 8.01. The molecule has 5 nitrogen and oxygen atoms in total. The molecular weight excluding hydrogens is 410 g/mol. The van der Waals surface area contributed by atoms with Gasteiger partial charge >= 0.3 is 0 Å². The highest BCUT2D eigenvalue weighted by atomic mass is 32.2. The molecule has 1 heterocycles. The van der Waals surface area contributed by atoms with Gasteiger partial charge < -0.3 is 4.90 Å². The lowest BCUT2D eigenvalue weighted by Gasteiger charge is -2.39. The minimum absolute atomic E-state index is 0.0800. The van der Waals surface area contributed by atoms with E-state index in [1.165, 1.54) is 25.7 Å². The molecule has 4 fully saturated rings. The van der Waals surface area contributed by atoms with Gasteiger partial charge in [0, 0.05) is 49.8 Å². The summed E-state index contributed by atoms with van der Waals surface area (Å²) < 4.78 is 43.7. The Morgan fingerprint density at radius 2 is 1.70 bits per heavy atom. The molecule has 4 unspecified atom stereocenters. The van der Waals surface area contributed by atoms with E-state index >= 15 is 0 Å². The third kappa shape index (κ3) is 5.05. The Kier molecular flexibility index (Phi) is 6.52. The number of fused-ring (bicyclic) bond motifs is 1. The van der Waals surface area contributed by atoms with Gasteiger partial charge in [-0.15, -0.1) is 0 Å². The van der Waals surface area contributed by atoms with Crippen molar-refractivity contribution < 1.29 is 22.6 Å². The summed E-state index contributed by atoms with van der Waals surface area (Å²) in [7, 11) is -2.66. The van der Waals surface area contributed by atoms with Gasteiger partial charge in [-0.1, -0.05) is 32.1 Å². The van der Waals surface area contributed by atoms with E-state index in [-0.39, 0.29) is 48.7 Å². The highest BCUT2D eigenvalue weighted by molar-refractivity contribution is 7.93. The number of amides is 2. The van der Waals surface area contributed by atoms with Gasteiger partial charge in [-0.25, -0.2) is 13.0 Å². The van der Waals surface area contributed by atoms with E-state index < -0.39 is 15.7 Å². The molecule has 1 aliphatic heterocycles. The van der Waals surface area contributed by atoms with Crippen LogP contribution in [0.4, 0.5) is 8.78 Å². The maximum absolute atomic E-state index is 13.4. The molecule has 0 radical (unpaired) electrons. The van der Waals surface area contributed by atoms with Crippen LogP contribution in [0.2, 0.25) is 0 Å². The van der Waals surface area contributed by atoms with Crippen molar-refractivity contribution >= 4 is 21.5 Å². The number of nitrogens with zero attached hydrogens (tertiary/aromatic N) is 2. The predicted octanol–water partition coefficient (Wildman–Crippen LogP) is 4.26. The summed E-state index contributed by atoms with van der Waals surface area (Å²) in [6, 6.07) is 0. The van der Waals surface area contributed by atoms with Crippen LogP contribution in [0.5, 0.6) is 0 Å². The second-order valence-corrected chi connectivity index (χ2v) is 12.5. The van der Waals surface area contributed by atoms with Gasteiger partial charge in [0.2, 0.25) is 11.8 Å². The SMILES string of the molecule is O=C(N=S1(=O)CCCN(C(=O)CC2CC(F)(F)C2)CC1)C1CCCC2CCCCC21. The summed E-state index contributed by atoms with van der Waals surface area (Å²) in [5.41, 5.74) is 0. The number of halogens is 2. The monoisotopic (exact) mass is 444 g/mol. The predicted molar refractivity (Wildman–Crippen MR) is 112 cm³/mol. The first-order valence-electron chi connectivity index (χ1n) is 11.7. The van der Waals surface area contributed by atoms with Gasteiger partial charge in [-0.2, -0.15) is 4.36 Å². The van der Waals surface area contributed by atoms with Crippen LogP contribution in [0, 0.1) is 23.7 Å². The van der Waals surface area contributed by atoms with Gasteiger partial charge in [-0.05, 0) is 37.0 Å².